The van der Waals surface area contributed by atoms with Crippen molar-refractivity contribution in [1.82, 2.24) is 25.5 Å². The third kappa shape index (κ3) is 4.77. The number of pyridine rings is 2. The maximum Gasteiger partial charge on any atom is 0.471 e. The van der Waals surface area contributed by atoms with Gasteiger partial charge < -0.3 is 15.5 Å². The van der Waals surface area contributed by atoms with E-state index in [0.29, 0.717) is 10.9 Å². The number of hydrogen-bond acceptors (Lipinski definition) is 6. The summed E-state index contributed by atoms with van der Waals surface area (Å²) in [5, 5.41) is 15.8. The summed E-state index contributed by atoms with van der Waals surface area (Å²) in [6, 6.07) is 0.134. The number of carbonyl (C=O) groups excluding carboxylic acids is 3. The van der Waals surface area contributed by atoms with E-state index in [1.165, 1.54) is 31.9 Å². The van der Waals surface area contributed by atoms with Gasteiger partial charge in [0.05, 0.1) is 6.07 Å². The van der Waals surface area contributed by atoms with Gasteiger partial charge in [-0.05, 0) is 28.7 Å². The van der Waals surface area contributed by atoms with Crippen molar-refractivity contribution in [3.05, 3.63) is 36.4 Å². The highest BCUT2D eigenvalue weighted by atomic mass is 19.4. The van der Waals surface area contributed by atoms with Crippen LogP contribution in [0.1, 0.15) is 46.2 Å². The van der Waals surface area contributed by atoms with Crippen molar-refractivity contribution >= 4 is 28.5 Å². The smallest absolute Gasteiger partial charge is 0.336 e. The van der Waals surface area contributed by atoms with Crippen LogP contribution in [0, 0.1) is 34.0 Å². The average molecular weight is 531 g/mol. The Bertz CT molecular complexity index is 1320. The van der Waals surface area contributed by atoms with E-state index in [-0.39, 0.29) is 23.8 Å². The Labute approximate surface area is 217 Å². The SMILES string of the molecule is CC(C)(C)C(NC(=O)C(F)(F)F)C(=O)N1C[C@H]2[C@@H]([C@H]1C(=O)NC(C#N)c1cncc3ccncc13)C2(C)C. The van der Waals surface area contributed by atoms with Crippen molar-refractivity contribution in [2.75, 3.05) is 6.54 Å². The van der Waals surface area contributed by atoms with Crippen LogP contribution in [-0.2, 0) is 14.4 Å². The Balaban J connectivity index is 1.63. The van der Waals surface area contributed by atoms with Crippen LogP contribution in [0.2, 0.25) is 0 Å². The maximum absolute atomic E-state index is 13.7. The van der Waals surface area contributed by atoms with Crippen molar-refractivity contribution in [1.29, 1.82) is 5.26 Å². The lowest BCUT2D eigenvalue weighted by atomic mass is 9.85. The minimum atomic E-state index is -5.17. The first-order chi connectivity index (χ1) is 17.6. The van der Waals surface area contributed by atoms with E-state index < -0.39 is 47.4 Å². The Morgan fingerprint density at radius 3 is 2.42 bits per heavy atom. The highest BCUT2D eigenvalue weighted by molar-refractivity contribution is 5.95. The van der Waals surface area contributed by atoms with Crippen molar-refractivity contribution in [3.8, 4) is 6.07 Å². The second-order valence-electron chi connectivity index (χ2n) is 11.6. The van der Waals surface area contributed by atoms with E-state index in [4.69, 9.17) is 0 Å². The van der Waals surface area contributed by atoms with Gasteiger partial charge in [0.2, 0.25) is 11.8 Å². The summed E-state index contributed by atoms with van der Waals surface area (Å²) >= 11 is 0. The Morgan fingerprint density at radius 1 is 1.13 bits per heavy atom. The van der Waals surface area contributed by atoms with Gasteiger partial charge >= 0.3 is 12.1 Å². The minimum Gasteiger partial charge on any atom is -0.336 e. The lowest BCUT2D eigenvalue weighted by molar-refractivity contribution is -0.176. The lowest BCUT2D eigenvalue weighted by Gasteiger charge is -2.37. The largest absolute Gasteiger partial charge is 0.471 e. The molecule has 1 saturated heterocycles. The molecule has 0 spiro atoms. The molecule has 0 aromatic carbocycles. The van der Waals surface area contributed by atoms with Gasteiger partial charge in [0, 0.05) is 47.7 Å². The average Bonchev–Trinajstić information content (AvgIpc) is 3.16. The predicted octanol–water partition coefficient (Wildman–Crippen LogP) is 2.89. The molecule has 4 rings (SSSR count). The molecule has 9 nitrogen and oxygen atoms in total. The number of fused-ring (bicyclic) bond motifs is 2. The number of alkyl halides is 3. The highest BCUT2D eigenvalue weighted by Gasteiger charge is 2.70. The van der Waals surface area contributed by atoms with E-state index in [0.717, 1.165) is 5.39 Å². The van der Waals surface area contributed by atoms with Gasteiger partial charge in [-0.25, -0.2) is 0 Å². The zero-order chi connectivity index (χ0) is 28.2. The van der Waals surface area contributed by atoms with Crippen LogP contribution < -0.4 is 10.6 Å². The van der Waals surface area contributed by atoms with Crippen LogP contribution in [0.5, 0.6) is 0 Å². The summed E-state index contributed by atoms with van der Waals surface area (Å²) in [4.78, 5) is 48.5. The van der Waals surface area contributed by atoms with E-state index in [9.17, 15) is 32.8 Å². The third-order valence-corrected chi connectivity index (χ3v) is 7.73. The fourth-order valence-corrected chi connectivity index (χ4v) is 5.50. The molecule has 202 valence electrons. The van der Waals surface area contributed by atoms with Gasteiger partial charge in [-0.3, -0.25) is 24.4 Å². The molecule has 3 amide bonds. The molecule has 12 heteroatoms. The molecule has 0 bridgehead atoms. The van der Waals surface area contributed by atoms with Crippen molar-refractivity contribution in [2.24, 2.45) is 22.7 Å². The Hall–Kier alpha value is -3.75. The van der Waals surface area contributed by atoms with E-state index >= 15 is 0 Å². The second-order valence-corrected chi connectivity index (χ2v) is 11.6. The lowest BCUT2D eigenvalue weighted by Crippen LogP contribution is -2.60. The summed E-state index contributed by atoms with van der Waals surface area (Å²) in [7, 11) is 0. The van der Waals surface area contributed by atoms with E-state index in [1.807, 2.05) is 19.2 Å². The number of aromatic nitrogens is 2. The maximum atomic E-state index is 13.7. The zero-order valence-corrected chi connectivity index (χ0v) is 21.6. The fraction of sp³-hybridized carbons (Fsp3) is 0.538. The molecule has 2 unspecified atom stereocenters. The van der Waals surface area contributed by atoms with Gasteiger partial charge in [0.15, 0.2) is 0 Å². The molecule has 2 aromatic rings. The topological polar surface area (TPSA) is 128 Å². The van der Waals surface area contributed by atoms with Crippen LogP contribution in [-0.4, -0.2) is 57.4 Å². The number of hydrogen-bond donors (Lipinski definition) is 2. The third-order valence-electron chi connectivity index (χ3n) is 7.73. The number of halogens is 3. The molecule has 3 heterocycles. The quantitative estimate of drug-likeness (QED) is 0.612. The molecular weight excluding hydrogens is 501 g/mol. The molecule has 0 radical (unpaired) electrons. The number of amides is 3. The molecular formula is C26H29F3N6O3. The zero-order valence-electron chi connectivity index (χ0n) is 21.6. The molecule has 1 aliphatic heterocycles. The molecule has 1 saturated carbocycles. The monoisotopic (exact) mass is 530 g/mol. The van der Waals surface area contributed by atoms with Crippen LogP contribution in [0.25, 0.3) is 10.8 Å². The Morgan fingerprint density at radius 2 is 1.82 bits per heavy atom. The summed E-state index contributed by atoms with van der Waals surface area (Å²) in [5.74, 6) is -3.90. The van der Waals surface area contributed by atoms with Gasteiger partial charge in [-0.15, -0.1) is 0 Å². The number of nitrogens with one attached hydrogen (secondary N) is 2. The summed E-state index contributed by atoms with van der Waals surface area (Å²) < 4.78 is 39.1. The molecule has 2 aliphatic rings. The minimum absolute atomic E-state index is 0.0508. The number of nitrogens with zero attached hydrogens (tertiary/aromatic N) is 4. The Kier molecular flexibility index (Phi) is 6.62. The first-order valence-corrected chi connectivity index (χ1v) is 12.1. The first kappa shape index (κ1) is 27.3. The normalized spacial score (nSPS) is 23.7. The second kappa shape index (κ2) is 9.22. The van der Waals surface area contributed by atoms with Crippen molar-refractivity contribution in [2.45, 2.75) is 58.9 Å². The van der Waals surface area contributed by atoms with Crippen molar-refractivity contribution in [3.63, 3.8) is 0 Å². The number of rotatable bonds is 5. The summed E-state index contributed by atoms with van der Waals surface area (Å²) in [6.07, 6.45) is 1.03. The fourth-order valence-electron chi connectivity index (χ4n) is 5.50. The van der Waals surface area contributed by atoms with Gasteiger partial charge in [0.1, 0.15) is 18.1 Å². The molecule has 2 aromatic heterocycles. The number of likely N-dealkylation sites (tertiary alicyclic amines) is 1. The first-order valence-electron chi connectivity index (χ1n) is 12.1. The van der Waals surface area contributed by atoms with Crippen LogP contribution in [0.4, 0.5) is 13.2 Å². The molecule has 2 N–H and O–H groups in total. The van der Waals surface area contributed by atoms with Gasteiger partial charge in [0.25, 0.3) is 0 Å². The molecule has 2 fully saturated rings. The van der Waals surface area contributed by atoms with Gasteiger partial charge in [-0.1, -0.05) is 34.6 Å². The highest BCUT2D eigenvalue weighted by Crippen LogP contribution is 2.65. The van der Waals surface area contributed by atoms with Gasteiger partial charge in [-0.2, -0.15) is 18.4 Å². The van der Waals surface area contributed by atoms with Crippen molar-refractivity contribution < 1.29 is 27.6 Å². The van der Waals surface area contributed by atoms with E-state index in [2.05, 4.69) is 21.4 Å². The number of carbonyl (C=O) groups is 3. The van der Waals surface area contributed by atoms with Crippen LogP contribution >= 0.6 is 0 Å². The molecule has 5 atom stereocenters. The summed E-state index contributed by atoms with van der Waals surface area (Å²) in [5.41, 5.74) is -0.921. The van der Waals surface area contributed by atoms with E-state index in [1.54, 1.807) is 24.7 Å². The van der Waals surface area contributed by atoms with Crippen LogP contribution in [0.3, 0.4) is 0 Å². The summed E-state index contributed by atoms with van der Waals surface area (Å²) in [6.45, 7) is 8.68. The number of nitriles is 1. The predicted molar refractivity (Wildman–Crippen MR) is 130 cm³/mol. The molecule has 38 heavy (non-hydrogen) atoms. The molecule has 1 aliphatic carbocycles. The number of piperidine rings is 1. The van der Waals surface area contributed by atoms with Crippen LogP contribution in [0.15, 0.2) is 30.9 Å². The standard InChI is InChI=1S/C26H29F3N6O3/c1-24(2,3)20(34-23(38)26(27,28)29)22(37)35-12-16-18(25(16,4)5)19(35)21(36)33-17(8-30)15-11-32-9-13-6-7-31-10-14(13)15/h6-7,9-11,16-20H,12H2,1-5H3,(H,33,36)(H,34,38)/t16-,17?,18-,19-,20?/m0/s1.